The third-order valence-corrected chi connectivity index (χ3v) is 8.08. The third kappa shape index (κ3) is 6.48. The highest BCUT2D eigenvalue weighted by Gasteiger charge is 2.27. The molecule has 9 heteroatoms. The highest BCUT2D eigenvalue weighted by atomic mass is 32.2. The van der Waals surface area contributed by atoms with Crippen molar-refractivity contribution in [2.45, 2.75) is 37.8 Å². The molecule has 1 saturated heterocycles. The number of nitrogens with one attached hydrogen (secondary N) is 1. The summed E-state index contributed by atoms with van der Waals surface area (Å²) >= 11 is 0. The van der Waals surface area contributed by atoms with Crippen molar-refractivity contribution in [2.24, 2.45) is 0 Å². The molecule has 0 bridgehead atoms. The first-order chi connectivity index (χ1) is 17.8. The predicted molar refractivity (Wildman–Crippen MR) is 142 cm³/mol. The number of nitrogens with zero attached hydrogens (tertiary/aromatic N) is 2. The Morgan fingerprint density at radius 2 is 1.73 bits per heavy atom. The summed E-state index contributed by atoms with van der Waals surface area (Å²) in [6, 6.07) is 20.8. The lowest BCUT2D eigenvalue weighted by Gasteiger charge is -2.24. The normalized spacial score (nSPS) is 13.5. The van der Waals surface area contributed by atoms with E-state index in [0.717, 1.165) is 34.0 Å². The van der Waals surface area contributed by atoms with Crippen LogP contribution in [0.15, 0.2) is 77.7 Å². The fourth-order valence-electron chi connectivity index (χ4n) is 4.16. The summed E-state index contributed by atoms with van der Waals surface area (Å²) in [4.78, 5) is 26.7. The van der Waals surface area contributed by atoms with Crippen molar-refractivity contribution in [1.29, 1.82) is 0 Å². The molecule has 0 unspecified atom stereocenters. The third-order valence-electron chi connectivity index (χ3n) is 6.29. The first kappa shape index (κ1) is 26.2. The van der Waals surface area contributed by atoms with E-state index >= 15 is 0 Å². The van der Waals surface area contributed by atoms with Crippen LogP contribution in [0.3, 0.4) is 0 Å². The Balaban J connectivity index is 1.46. The Morgan fingerprint density at radius 1 is 1.03 bits per heavy atom. The summed E-state index contributed by atoms with van der Waals surface area (Å²) in [5, 5.41) is 2.82. The van der Waals surface area contributed by atoms with E-state index in [1.165, 1.54) is 19.2 Å². The Morgan fingerprint density at radius 3 is 2.38 bits per heavy atom. The van der Waals surface area contributed by atoms with Gasteiger partial charge in [0.05, 0.1) is 17.7 Å². The van der Waals surface area contributed by atoms with E-state index in [0.29, 0.717) is 24.4 Å². The highest BCUT2D eigenvalue weighted by Crippen LogP contribution is 2.27. The van der Waals surface area contributed by atoms with E-state index in [9.17, 15) is 18.0 Å². The van der Waals surface area contributed by atoms with Gasteiger partial charge in [-0.1, -0.05) is 48.0 Å². The standard InChI is InChI=1S/C28H31N3O5S/c1-21-8-14-26(15-9-21)37(34,35)31(24-5-3-6-25(17-24)36-2)20-27(32)29-18-22-10-12-23(13-11-22)19-30-16-4-7-28(30)33/h3,5-6,8-15,17H,4,7,16,18-20H2,1-2H3,(H,29,32). The van der Waals surface area contributed by atoms with Crippen LogP contribution in [0.1, 0.15) is 29.5 Å². The van der Waals surface area contributed by atoms with Gasteiger partial charge >= 0.3 is 0 Å². The van der Waals surface area contributed by atoms with E-state index < -0.39 is 22.5 Å². The number of hydrogen-bond acceptors (Lipinski definition) is 5. The molecule has 2 amide bonds. The van der Waals surface area contributed by atoms with E-state index in [1.54, 1.807) is 36.4 Å². The smallest absolute Gasteiger partial charge is 0.264 e. The average Bonchev–Trinajstić information content (AvgIpc) is 3.31. The molecule has 1 aliphatic heterocycles. The maximum atomic E-state index is 13.5. The zero-order valence-electron chi connectivity index (χ0n) is 21.0. The van der Waals surface area contributed by atoms with Crippen LogP contribution in [-0.2, 0) is 32.7 Å². The van der Waals surface area contributed by atoms with Crippen LogP contribution in [-0.4, -0.2) is 45.3 Å². The number of anilines is 1. The maximum absolute atomic E-state index is 13.5. The fraction of sp³-hybridized carbons (Fsp3) is 0.286. The van der Waals surface area contributed by atoms with Gasteiger partial charge in [-0.15, -0.1) is 0 Å². The van der Waals surface area contributed by atoms with Crippen LogP contribution in [0.4, 0.5) is 5.69 Å². The monoisotopic (exact) mass is 521 g/mol. The highest BCUT2D eigenvalue weighted by molar-refractivity contribution is 7.92. The Labute approximate surface area is 217 Å². The lowest BCUT2D eigenvalue weighted by atomic mass is 10.1. The molecule has 194 valence electrons. The molecule has 0 atom stereocenters. The Bertz CT molecular complexity index is 1360. The van der Waals surface area contributed by atoms with E-state index in [4.69, 9.17) is 4.74 Å². The van der Waals surface area contributed by atoms with Gasteiger partial charge in [-0.2, -0.15) is 0 Å². The van der Waals surface area contributed by atoms with Gasteiger partial charge in [0, 0.05) is 32.1 Å². The summed E-state index contributed by atoms with van der Waals surface area (Å²) < 4.78 is 33.4. The topological polar surface area (TPSA) is 96.0 Å². The summed E-state index contributed by atoms with van der Waals surface area (Å²) in [7, 11) is -2.51. The van der Waals surface area contributed by atoms with Crippen LogP contribution >= 0.6 is 0 Å². The van der Waals surface area contributed by atoms with Gasteiger partial charge in [0.25, 0.3) is 10.0 Å². The number of likely N-dealkylation sites (tertiary alicyclic amines) is 1. The van der Waals surface area contributed by atoms with Crippen LogP contribution in [0.25, 0.3) is 0 Å². The number of sulfonamides is 1. The van der Waals surface area contributed by atoms with Crippen molar-refractivity contribution in [3.05, 3.63) is 89.5 Å². The molecule has 3 aromatic rings. The maximum Gasteiger partial charge on any atom is 0.264 e. The van der Waals surface area contributed by atoms with Gasteiger partial charge in [0.1, 0.15) is 12.3 Å². The van der Waals surface area contributed by atoms with Gasteiger partial charge in [-0.3, -0.25) is 13.9 Å². The molecule has 1 N–H and O–H groups in total. The Kier molecular flexibility index (Phi) is 8.13. The van der Waals surface area contributed by atoms with Crippen molar-refractivity contribution in [3.8, 4) is 5.75 Å². The number of benzene rings is 3. The molecule has 0 aromatic heterocycles. The van der Waals surface area contributed by atoms with Gasteiger partial charge in [-0.05, 0) is 48.7 Å². The second kappa shape index (κ2) is 11.5. The molecule has 1 aliphatic rings. The SMILES string of the molecule is COc1cccc(N(CC(=O)NCc2ccc(CN3CCCC3=O)cc2)S(=O)(=O)c2ccc(C)cc2)c1. The molecule has 1 fully saturated rings. The van der Waals surface area contributed by atoms with Crippen LogP contribution in [0, 0.1) is 6.92 Å². The number of rotatable bonds is 10. The van der Waals surface area contributed by atoms with Crippen molar-refractivity contribution in [1.82, 2.24) is 10.2 Å². The largest absolute Gasteiger partial charge is 0.497 e. The molecule has 1 heterocycles. The molecule has 0 aliphatic carbocycles. The molecular weight excluding hydrogens is 490 g/mol. The van der Waals surface area contributed by atoms with E-state index in [2.05, 4.69) is 5.32 Å². The number of hydrogen-bond donors (Lipinski definition) is 1. The van der Waals surface area contributed by atoms with Crippen LogP contribution in [0.5, 0.6) is 5.75 Å². The van der Waals surface area contributed by atoms with Crippen molar-refractivity contribution >= 4 is 27.5 Å². The van der Waals surface area contributed by atoms with Gasteiger partial charge in [0.15, 0.2) is 0 Å². The first-order valence-corrected chi connectivity index (χ1v) is 13.6. The number of aryl methyl sites for hydroxylation is 1. The Hall–Kier alpha value is -3.85. The lowest BCUT2D eigenvalue weighted by Crippen LogP contribution is -2.40. The van der Waals surface area contributed by atoms with Crippen molar-refractivity contribution < 1.29 is 22.7 Å². The molecule has 0 radical (unpaired) electrons. The van der Waals surface area contributed by atoms with Crippen molar-refractivity contribution in [2.75, 3.05) is 24.5 Å². The van der Waals surface area contributed by atoms with Crippen LogP contribution in [0.2, 0.25) is 0 Å². The molecule has 0 spiro atoms. The zero-order valence-corrected chi connectivity index (χ0v) is 21.8. The summed E-state index contributed by atoms with van der Waals surface area (Å²) in [6.07, 6.45) is 1.51. The van der Waals surface area contributed by atoms with Crippen LogP contribution < -0.4 is 14.4 Å². The summed E-state index contributed by atoms with van der Waals surface area (Å²) in [5.74, 6) is 0.223. The summed E-state index contributed by atoms with van der Waals surface area (Å²) in [6.45, 7) is 3.10. The van der Waals surface area contributed by atoms with Gasteiger partial charge < -0.3 is 15.0 Å². The van der Waals surface area contributed by atoms with Crippen molar-refractivity contribution in [3.63, 3.8) is 0 Å². The van der Waals surface area contributed by atoms with Gasteiger partial charge in [0.2, 0.25) is 11.8 Å². The van der Waals surface area contributed by atoms with E-state index in [1.807, 2.05) is 36.1 Å². The van der Waals surface area contributed by atoms with Gasteiger partial charge in [-0.25, -0.2) is 8.42 Å². The molecule has 3 aromatic carbocycles. The molecule has 8 nitrogen and oxygen atoms in total. The number of ether oxygens (including phenoxy) is 1. The fourth-order valence-corrected chi connectivity index (χ4v) is 5.57. The minimum Gasteiger partial charge on any atom is -0.497 e. The molecule has 37 heavy (non-hydrogen) atoms. The number of amides is 2. The molecule has 4 rings (SSSR count). The first-order valence-electron chi connectivity index (χ1n) is 12.1. The number of methoxy groups -OCH3 is 1. The predicted octanol–water partition coefficient (Wildman–Crippen LogP) is 3.64. The summed E-state index contributed by atoms with van der Waals surface area (Å²) in [5.41, 5.74) is 3.16. The van der Waals surface area contributed by atoms with E-state index in [-0.39, 0.29) is 17.3 Å². The quantitative estimate of drug-likeness (QED) is 0.440. The molecular formula is C28H31N3O5S. The zero-order chi connectivity index (χ0) is 26.4. The minimum atomic E-state index is -4.01. The minimum absolute atomic E-state index is 0.0980. The number of carbonyl (C=O) groups is 2. The number of carbonyl (C=O) groups excluding carboxylic acids is 2. The second-order valence-corrected chi connectivity index (χ2v) is 10.9. The molecule has 0 saturated carbocycles. The lowest BCUT2D eigenvalue weighted by molar-refractivity contribution is -0.128. The average molecular weight is 522 g/mol. The second-order valence-electron chi connectivity index (χ2n) is 9.04.